The Balaban J connectivity index is 1.16. The molecule has 1 aromatic carbocycles. The summed E-state index contributed by atoms with van der Waals surface area (Å²) in [7, 11) is 1.85. The number of ether oxygens (including phenoxy) is 3. The SMILES string of the molecule is CN=C(NCc1cccc(COC2CCOCC2)c1)NC1CCN(CC2CCOC2)CC1. The van der Waals surface area contributed by atoms with E-state index < -0.39 is 0 Å². The van der Waals surface area contributed by atoms with Crippen molar-refractivity contribution in [1.82, 2.24) is 15.5 Å². The van der Waals surface area contributed by atoms with Crippen molar-refractivity contribution >= 4 is 5.96 Å². The Morgan fingerprint density at radius 1 is 1.06 bits per heavy atom. The molecule has 3 aliphatic heterocycles. The summed E-state index contributed by atoms with van der Waals surface area (Å²) >= 11 is 0. The molecule has 3 heterocycles. The predicted molar refractivity (Wildman–Crippen MR) is 127 cm³/mol. The molecule has 0 amide bonds. The number of guanidine groups is 1. The van der Waals surface area contributed by atoms with E-state index in [2.05, 4.69) is 44.8 Å². The summed E-state index contributed by atoms with van der Waals surface area (Å²) in [6, 6.07) is 9.12. The van der Waals surface area contributed by atoms with Gasteiger partial charge in [0, 0.05) is 59.1 Å². The predicted octanol–water partition coefficient (Wildman–Crippen LogP) is 2.55. The maximum Gasteiger partial charge on any atom is 0.191 e. The van der Waals surface area contributed by atoms with Crippen molar-refractivity contribution < 1.29 is 14.2 Å². The highest BCUT2D eigenvalue weighted by molar-refractivity contribution is 5.79. The van der Waals surface area contributed by atoms with Crippen molar-refractivity contribution in [2.45, 2.75) is 57.4 Å². The van der Waals surface area contributed by atoms with Gasteiger partial charge in [-0.15, -0.1) is 0 Å². The second-order valence-corrected chi connectivity index (χ2v) is 9.32. The average molecular weight is 445 g/mol. The third-order valence-electron chi connectivity index (χ3n) is 6.80. The van der Waals surface area contributed by atoms with E-state index in [1.807, 2.05) is 7.05 Å². The van der Waals surface area contributed by atoms with Crippen LogP contribution in [0.2, 0.25) is 0 Å². The molecule has 178 valence electrons. The van der Waals surface area contributed by atoms with E-state index in [4.69, 9.17) is 14.2 Å². The molecule has 0 aromatic heterocycles. The highest BCUT2D eigenvalue weighted by atomic mass is 16.5. The molecule has 0 saturated carbocycles. The number of rotatable bonds is 8. The molecule has 3 saturated heterocycles. The number of piperidine rings is 1. The van der Waals surface area contributed by atoms with Gasteiger partial charge in [0.2, 0.25) is 0 Å². The Morgan fingerprint density at radius 2 is 1.84 bits per heavy atom. The Bertz CT molecular complexity index is 709. The molecule has 1 atom stereocenters. The maximum atomic E-state index is 6.07. The van der Waals surface area contributed by atoms with Crippen LogP contribution >= 0.6 is 0 Å². The van der Waals surface area contributed by atoms with Gasteiger partial charge in [0.25, 0.3) is 0 Å². The van der Waals surface area contributed by atoms with Crippen molar-refractivity contribution in [3.8, 4) is 0 Å². The Morgan fingerprint density at radius 3 is 2.59 bits per heavy atom. The number of nitrogens with one attached hydrogen (secondary N) is 2. The topological polar surface area (TPSA) is 67.4 Å². The minimum Gasteiger partial charge on any atom is -0.381 e. The fourth-order valence-electron chi connectivity index (χ4n) is 4.81. The van der Waals surface area contributed by atoms with Gasteiger partial charge in [-0.3, -0.25) is 4.99 Å². The normalized spacial score (nSPS) is 24.0. The summed E-state index contributed by atoms with van der Waals surface area (Å²) < 4.78 is 17.0. The van der Waals surface area contributed by atoms with E-state index in [0.29, 0.717) is 18.8 Å². The maximum absolute atomic E-state index is 6.07. The Kier molecular flexibility index (Phi) is 9.20. The van der Waals surface area contributed by atoms with Crippen molar-refractivity contribution in [2.75, 3.05) is 53.1 Å². The molecule has 3 aliphatic rings. The molecule has 3 fully saturated rings. The number of aliphatic imine (C=N–C) groups is 1. The highest BCUT2D eigenvalue weighted by Gasteiger charge is 2.24. The summed E-state index contributed by atoms with van der Waals surface area (Å²) in [5.41, 5.74) is 2.47. The van der Waals surface area contributed by atoms with E-state index >= 15 is 0 Å². The van der Waals surface area contributed by atoms with Gasteiger partial charge in [-0.25, -0.2) is 0 Å². The van der Waals surface area contributed by atoms with E-state index in [0.717, 1.165) is 83.6 Å². The van der Waals surface area contributed by atoms with Crippen LogP contribution in [0.1, 0.15) is 43.2 Å². The van der Waals surface area contributed by atoms with Gasteiger partial charge < -0.3 is 29.7 Å². The highest BCUT2D eigenvalue weighted by Crippen LogP contribution is 2.18. The first-order chi connectivity index (χ1) is 15.8. The second-order valence-electron chi connectivity index (χ2n) is 9.32. The third-order valence-corrected chi connectivity index (χ3v) is 6.80. The largest absolute Gasteiger partial charge is 0.381 e. The van der Waals surface area contributed by atoms with Crippen LogP contribution in [0.5, 0.6) is 0 Å². The molecule has 0 aliphatic carbocycles. The molecule has 7 heteroatoms. The molecule has 2 N–H and O–H groups in total. The van der Waals surface area contributed by atoms with Gasteiger partial charge in [-0.2, -0.15) is 0 Å². The Hall–Kier alpha value is -1.67. The van der Waals surface area contributed by atoms with Gasteiger partial charge in [-0.05, 0) is 49.1 Å². The Labute approximate surface area is 192 Å². The molecule has 7 nitrogen and oxygen atoms in total. The summed E-state index contributed by atoms with van der Waals surface area (Å²) in [6.07, 6.45) is 5.86. The van der Waals surface area contributed by atoms with Crippen LogP contribution in [0.3, 0.4) is 0 Å². The summed E-state index contributed by atoms with van der Waals surface area (Å²) in [6.45, 7) is 8.43. The van der Waals surface area contributed by atoms with Crippen LogP contribution < -0.4 is 10.6 Å². The molecule has 0 radical (unpaired) electrons. The smallest absolute Gasteiger partial charge is 0.191 e. The first kappa shape index (κ1) is 23.5. The van der Waals surface area contributed by atoms with Crippen LogP contribution in [-0.4, -0.2) is 76.1 Å². The second kappa shape index (κ2) is 12.5. The molecule has 0 bridgehead atoms. The standard InChI is InChI=1S/C25H40N4O3/c1-26-25(28-23-5-10-29(11-6-23)17-22-7-12-31-18-22)27-16-20-3-2-4-21(15-20)19-32-24-8-13-30-14-9-24/h2-4,15,22-24H,5-14,16-19H2,1H3,(H2,26,27,28). The number of hydrogen-bond donors (Lipinski definition) is 2. The van der Waals surface area contributed by atoms with Gasteiger partial charge >= 0.3 is 0 Å². The van der Waals surface area contributed by atoms with Gasteiger partial charge in [0.15, 0.2) is 5.96 Å². The molecule has 4 rings (SSSR count). The van der Waals surface area contributed by atoms with Gasteiger partial charge in [0.1, 0.15) is 0 Å². The lowest BCUT2D eigenvalue weighted by molar-refractivity contribution is -0.0390. The molecule has 1 unspecified atom stereocenters. The number of benzene rings is 1. The van der Waals surface area contributed by atoms with E-state index in [9.17, 15) is 0 Å². The third kappa shape index (κ3) is 7.44. The quantitative estimate of drug-likeness (QED) is 0.475. The monoisotopic (exact) mass is 444 g/mol. The van der Waals surface area contributed by atoms with Crippen LogP contribution in [0.15, 0.2) is 29.3 Å². The first-order valence-corrected chi connectivity index (χ1v) is 12.3. The summed E-state index contributed by atoms with van der Waals surface area (Å²) in [5.74, 6) is 1.61. The zero-order chi connectivity index (χ0) is 22.0. The van der Waals surface area contributed by atoms with Crippen molar-refractivity contribution in [2.24, 2.45) is 10.9 Å². The average Bonchev–Trinajstić information content (AvgIpc) is 3.35. The van der Waals surface area contributed by atoms with Crippen LogP contribution in [-0.2, 0) is 27.4 Å². The summed E-state index contributed by atoms with van der Waals surface area (Å²) in [4.78, 5) is 7.05. The van der Waals surface area contributed by atoms with Crippen LogP contribution in [0.4, 0.5) is 0 Å². The lowest BCUT2D eigenvalue weighted by Crippen LogP contribution is -2.49. The van der Waals surface area contributed by atoms with Crippen LogP contribution in [0.25, 0.3) is 0 Å². The molecule has 1 aromatic rings. The zero-order valence-electron chi connectivity index (χ0n) is 19.6. The minimum absolute atomic E-state index is 0.325. The molecule has 0 spiro atoms. The molecular weight excluding hydrogens is 404 g/mol. The number of hydrogen-bond acceptors (Lipinski definition) is 5. The lowest BCUT2D eigenvalue weighted by Gasteiger charge is -2.34. The lowest BCUT2D eigenvalue weighted by atomic mass is 10.0. The van der Waals surface area contributed by atoms with Crippen molar-refractivity contribution in [3.63, 3.8) is 0 Å². The van der Waals surface area contributed by atoms with E-state index in [-0.39, 0.29) is 0 Å². The zero-order valence-corrected chi connectivity index (χ0v) is 19.6. The fraction of sp³-hybridized carbons (Fsp3) is 0.720. The number of likely N-dealkylation sites (tertiary alicyclic amines) is 1. The molecule has 32 heavy (non-hydrogen) atoms. The van der Waals surface area contributed by atoms with E-state index in [1.54, 1.807) is 0 Å². The van der Waals surface area contributed by atoms with Gasteiger partial charge in [0.05, 0.1) is 19.3 Å². The van der Waals surface area contributed by atoms with Crippen molar-refractivity contribution in [3.05, 3.63) is 35.4 Å². The minimum atomic E-state index is 0.325. The van der Waals surface area contributed by atoms with Gasteiger partial charge in [-0.1, -0.05) is 24.3 Å². The van der Waals surface area contributed by atoms with Crippen molar-refractivity contribution in [1.29, 1.82) is 0 Å². The fourth-order valence-corrected chi connectivity index (χ4v) is 4.81. The first-order valence-electron chi connectivity index (χ1n) is 12.3. The van der Waals surface area contributed by atoms with E-state index in [1.165, 1.54) is 24.1 Å². The number of nitrogens with zero attached hydrogens (tertiary/aromatic N) is 2. The van der Waals surface area contributed by atoms with Crippen LogP contribution in [0, 0.1) is 5.92 Å². The molecular formula is C25H40N4O3. The summed E-state index contributed by atoms with van der Waals surface area (Å²) in [5, 5.41) is 7.11.